The average Bonchev–Trinajstić information content (AvgIpc) is 2.64. The summed E-state index contributed by atoms with van der Waals surface area (Å²) in [6.07, 6.45) is 8.82. The number of terminal acetylenes is 1. The molecule has 0 aliphatic rings. The highest BCUT2D eigenvalue weighted by Gasteiger charge is 2.20. The van der Waals surface area contributed by atoms with Gasteiger partial charge in [0.25, 0.3) is 0 Å². The largest absolute Gasteiger partial charge is 0.481 e. The first kappa shape index (κ1) is 20.1. The minimum Gasteiger partial charge on any atom is -0.481 e. The van der Waals surface area contributed by atoms with E-state index in [1.165, 1.54) is 4.90 Å². The third kappa shape index (κ3) is 6.56. The normalized spacial score (nSPS) is 11.1. The Morgan fingerprint density at radius 1 is 1.04 bits per heavy atom. The first-order chi connectivity index (χ1) is 12.8. The molecule has 0 unspecified atom stereocenters. The highest BCUT2D eigenvalue weighted by Crippen LogP contribution is 2.19. The lowest BCUT2D eigenvalue weighted by Crippen LogP contribution is -2.34. The number of anilines is 1. The summed E-state index contributed by atoms with van der Waals surface area (Å²) < 4.78 is 10.7. The maximum absolute atomic E-state index is 12.1. The molecular formula is C23H25NO3. The molecule has 4 nitrogen and oxygen atoms in total. The summed E-state index contributed by atoms with van der Waals surface area (Å²) in [6.45, 7) is 5.81. The number of carbonyl (C=O) groups excluding carboxylic acids is 1. The Balaban J connectivity index is 1.99. The van der Waals surface area contributed by atoms with Crippen LogP contribution < -0.4 is 9.64 Å². The van der Waals surface area contributed by atoms with E-state index in [2.05, 4.69) is 5.92 Å². The van der Waals surface area contributed by atoms with Crippen molar-refractivity contribution in [2.75, 3.05) is 18.6 Å². The molecule has 0 N–H and O–H groups in total. The van der Waals surface area contributed by atoms with E-state index in [4.69, 9.17) is 15.9 Å². The Bertz CT molecular complexity index is 822. The van der Waals surface area contributed by atoms with Crippen molar-refractivity contribution in [1.29, 1.82) is 0 Å². The van der Waals surface area contributed by atoms with Gasteiger partial charge in [0.2, 0.25) is 0 Å². The van der Waals surface area contributed by atoms with Gasteiger partial charge < -0.3 is 9.47 Å². The molecule has 0 fully saturated rings. The number of amides is 1. The minimum absolute atomic E-state index is 0.263. The molecule has 27 heavy (non-hydrogen) atoms. The number of rotatable bonds is 5. The smallest absolute Gasteiger partial charge is 0.414 e. The monoisotopic (exact) mass is 363 g/mol. The third-order valence-corrected chi connectivity index (χ3v) is 3.62. The van der Waals surface area contributed by atoms with Crippen molar-refractivity contribution in [3.63, 3.8) is 0 Å². The lowest BCUT2D eigenvalue weighted by molar-refractivity contribution is 0.0589. The molecule has 0 heterocycles. The van der Waals surface area contributed by atoms with Gasteiger partial charge in [-0.15, -0.1) is 6.42 Å². The average molecular weight is 363 g/mol. The molecule has 0 bridgehead atoms. The highest BCUT2D eigenvalue weighted by molar-refractivity contribution is 5.87. The van der Waals surface area contributed by atoms with Gasteiger partial charge in [0, 0.05) is 12.7 Å². The third-order valence-electron chi connectivity index (χ3n) is 3.62. The summed E-state index contributed by atoms with van der Waals surface area (Å²) in [7, 11) is 1.70. The lowest BCUT2D eigenvalue weighted by atomic mass is 10.1. The summed E-state index contributed by atoms with van der Waals surface area (Å²) in [4.78, 5) is 13.6. The molecule has 0 saturated carbocycles. The van der Waals surface area contributed by atoms with Gasteiger partial charge in [0.15, 0.2) is 0 Å². The fourth-order valence-electron chi connectivity index (χ4n) is 2.24. The van der Waals surface area contributed by atoms with Crippen LogP contribution in [0.15, 0.2) is 48.5 Å². The van der Waals surface area contributed by atoms with Gasteiger partial charge in [-0.2, -0.15) is 0 Å². The topological polar surface area (TPSA) is 38.8 Å². The van der Waals surface area contributed by atoms with Crippen LogP contribution in [0.25, 0.3) is 12.2 Å². The summed E-state index contributed by atoms with van der Waals surface area (Å²) in [5.41, 5.74) is 2.34. The van der Waals surface area contributed by atoms with Crippen LogP contribution in [0.4, 0.5) is 10.5 Å². The van der Waals surface area contributed by atoms with Crippen molar-refractivity contribution in [3.05, 3.63) is 59.7 Å². The van der Waals surface area contributed by atoms with E-state index in [1.807, 2.05) is 81.5 Å². The second-order valence-electron chi connectivity index (χ2n) is 7.03. The SMILES string of the molecule is C#CCOc1ccc(/C=C/c2ccc(N(C)C(=O)OC(C)(C)C)cc2)cc1. The van der Waals surface area contributed by atoms with Crippen LogP contribution >= 0.6 is 0 Å². The molecule has 0 atom stereocenters. The van der Waals surface area contributed by atoms with Crippen LogP contribution in [0, 0.1) is 12.3 Å². The predicted octanol–water partition coefficient (Wildman–Crippen LogP) is 5.24. The van der Waals surface area contributed by atoms with Gasteiger partial charge in [0.05, 0.1) is 0 Å². The Hall–Kier alpha value is -3.19. The quantitative estimate of drug-likeness (QED) is 0.539. The van der Waals surface area contributed by atoms with Gasteiger partial charge >= 0.3 is 6.09 Å². The second kappa shape index (κ2) is 8.95. The van der Waals surface area contributed by atoms with Crippen molar-refractivity contribution < 1.29 is 14.3 Å². The first-order valence-corrected chi connectivity index (χ1v) is 8.70. The molecule has 1 amide bonds. The van der Waals surface area contributed by atoms with E-state index in [1.54, 1.807) is 7.05 Å². The highest BCUT2D eigenvalue weighted by atomic mass is 16.6. The predicted molar refractivity (Wildman–Crippen MR) is 111 cm³/mol. The molecule has 0 spiro atoms. The van der Waals surface area contributed by atoms with Crippen LogP contribution in [0.3, 0.4) is 0 Å². The molecule has 140 valence electrons. The van der Waals surface area contributed by atoms with E-state index in [-0.39, 0.29) is 12.7 Å². The minimum atomic E-state index is -0.518. The number of benzene rings is 2. The van der Waals surface area contributed by atoms with Gasteiger partial charge in [-0.05, 0) is 56.2 Å². The van der Waals surface area contributed by atoms with Crippen LogP contribution in [-0.4, -0.2) is 25.3 Å². The number of hydrogen-bond donors (Lipinski definition) is 0. The van der Waals surface area contributed by atoms with E-state index < -0.39 is 5.60 Å². The van der Waals surface area contributed by atoms with Gasteiger partial charge in [-0.3, -0.25) is 4.90 Å². The number of ether oxygens (including phenoxy) is 2. The molecule has 4 heteroatoms. The molecule has 0 aliphatic heterocycles. The molecule has 0 aliphatic carbocycles. The van der Waals surface area contributed by atoms with E-state index in [9.17, 15) is 4.79 Å². The molecule has 2 aromatic carbocycles. The summed E-state index contributed by atoms with van der Waals surface area (Å²) in [5.74, 6) is 3.19. The summed E-state index contributed by atoms with van der Waals surface area (Å²) in [6, 6.07) is 15.4. The van der Waals surface area contributed by atoms with Crippen LogP contribution in [0.2, 0.25) is 0 Å². The maximum Gasteiger partial charge on any atom is 0.414 e. The van der Waals surface area contributed by atoms with E-state index >= 15 is 0 Å². The van der Waals surface area contributed by atoms with E-state index in [0.29, 0.717) is 0 Å². The fourth-order valence-corrected chi connectivity index (χ4v) is 2.24. The first-order valence-electron chi connectivity index (χ1n) is 8.70. The number of hydrogen-bond acceptors (Lipinski definition) is 3. The Morgan fingerprint density at radius 3 is 2.04 bits per heavy atom. The zero-order chi connectivity index (χ0) is 19.9. The standard InChI is InChI=1S/C23H25NO3/c1-6-17-26-21-15-11-19(12-16-21)8-7-18-9-13-20(14-10-18)24(5)22(25)27-23(2,3)4/h1,7-16H,17H2,2-5H3/b8-7+. The van der Waals surface area contributed by atoms with Crippen molar-refractivity contribution >= 4 is 23.9 Å². The van der Waals surface area contributed by atoms with Gasteiger partial charge in [-0.1, -0.05) is 42.3 Å². The van der Waals surface area contributed by atoms with Crippen molar-refractivity contribution in [2.45, 2.75) is 26.4 Å². The van der Waals surface area contributed by atoms with Crippen molar-refractivity contribution in [2.24, 2.45) is 0 Å². The van der Waals surface area contributed by atoms with Crippen LogP contribution in [-0.2, 0) is 4.74 Å². The molecule has 2 rings (SSSR count). The Labute approximate surface area is 161 Å². The molecule has 2 aromatic rings. The van der Waals surface area contributed by atoms with Crippen LogP contribution in [0.5, 0.6) is 5.75 Å². The Morgan fingerprint density at radius 2 is 1.56 bits per heavy atom. The number of carbonyl (C=O) groups is 1. The molecule has 0 aromatic heterocycles. The molecule has 0 radical (unpaired) electrons. The van der Waals surface area contributed by atoms with Gasteiger partial charge in [-0.25, -0.2) is 4.79 Å². The number of nitrogens with zero attached hydrogens (tertiary/aromatic N) is 1. The van der Waals surface area contributed by atoms with Crippen LogP contribution in [0.1, 0.15) is 31.9 Å². The lowest BCUT2D eigenvalue weighted by Gasteiger charge is -2.24. The van der Waals surface area contributed by atoms with Crippen molar-refractivity contribution in [1.82, 2.24) is 0 Å². The van der Waals surface area contributed by atoms with E-state index in [0.717, 1.165) is 22.6 Å². The zero-order valence-corrected chi connectivity index (χ0v) is 16.2. The Kier molecular flexibility index (Phi) is 6.67. The zero-order valence-electron chi connectivity index (χ0n) is 16.2. The fraction of sp³-hybridized carbons (Fsp3) is 0.261. The van der Waals surface area contributed by atoms with Gasteiger partial charge in [0.1, 0.15) is 18.0 Å². The molecule has 0 saturated heterocycles. The summed E-state index contributed by atoms with van der Waals surface area (Å²) >= 11 is 0. The van der Waals surface area contributed by atoms with Crippen molar-refractivity contribution in [3.8, 4) is 18.1 Å². The molecular weight excluding hydrogens is 338 g/mol. The summed E-state index contributed by atoms with van der Waals surface area (Å²) in [5, 5.41) is 0. The second-order valence-corrected chi connectivity index (χ2v) is 7.03. The maximum atomic E-state index is 12.1.